The SMILES string of the molecule is CCOc1cccc2c1OC1(C)CC2NC(=O)N1c1ccc(C)c(C)c1. The number of anilines is 1. The van der Waals surface area contributed by atoms with E-state index in [0.717, 1.165) is 28.3 Å². The summed E-state index contributed by atoms with van der Waals surface area (Å²) in [5.41, 5.74) is 3.38. The fourth-order valence-electron chi connectivity index (χ4n) is 3.88. The standard InChI is InChI=1S/C21H24N2O3/c1-5-25-18-8-6-7-16-17-12-21(4,26-19(16)18)23(20(24)22-17)15-10-9-13(2)14(3)11-15/h6-11,17H,5,12H2,1-4H3,(H,22,24). The Kier molecular flexibility index (Phi) is 3.83. The molecule has 2 amide bonds. The summed E-state index contributed by atoms with van der Waals surface area (Å²) < 4.78 is 12.2. The number of nitrogens with one attached hydrogen (secondary N) is 1. The second kappa shape index (κ2) is 5.94. The predicted molar refractivity (Wildman–Crippen MR) is 101 cm³/mol. The summed E-state index contributed by atoms with van der Waals surface area (Å²) in [6.45, 7) is 8.60. The minimum absolute atomic E-state index is 0.0838. The van der Waals surface area contributed by atoms with Gasteiger partial charge in [0, 0.05) is 17.7 Å². The highest BCUT2D eigenvalue weighted by Gasteiger charge is 2.50. The van der Waals surface area contributed by atoms with Crippen LogP contribution in [0.5, 0.6) is 11.5 Å². The lowest BCUT2D eigenvalue weighted by atomic mass is 9.89. The van der Waals surface area contributed by atoms with Gasteiger partial charge in [0.25, 0.3) is 0 Å². The van der Waals surface area contributed by atoms with E-state index in [4.69, 9.17) is 9.47 Å². The summed E-state index contributed by atoms with van der Waals surface area (Å²) in [7, 11) is 0. The number of amides is 2. The van der Waals surface area contributed by atoms with E-state index in [1.54, 1.807) is 4.90 Å². The summed E-state index contributed by atoms with van der Waals surface area (Å²) in [6.07, 6.45) is 0.675. The Morgan fingerprint density at radius 3 is 2.81 bits per heavy atom. The molecule has 0 aliphatic carbocycles. The van der Waals surface area contributed by atoms with E-state index in [1.165, 1.54) is 5.56 Å². The number of para-hydroxylation sites is 1. The molecular weight excluding hydrogens is 328 g/mol. The van der Waals surface area contributed by atoms with Gasteiger partial charge in [0.05, 0.1) is 12.6 Å². The van der Waals surface area contributed by atoms with Gasteiger partial charge in [-0.1, -0.05) is 18.2 Å². The largest absolute Gasteiger partial charge is 0.490 e. The molecule has 2 aliphatic heterocycles. The molecule has 2 atom stereocenters. The number of rotatable bonds is 3. The Bertz CT molecular complexity index is 880. The molecule has 5 nitrogen and oxygen atoms in total. The number of ether oxygens (including phenoxy) is 2. The Balaban J connectivity index is 1.80. The molecule has 2 unspecified atom stereocenters. The van der Waals surface area contributed by atoms with Crippen LogP contribution in [0, 0.1) is 13.8 Å². The average Bonchev–Trinajstić information content (AvgIpc) is 2.58. The highest BCUT2D eigenvalue weighted by Crippen LogP contribution is 2.49. The average molecular weight is 352 g/mol. The van der Waals surface area contributed by atoms with Crippen molar-refractivity contribution in [1.82, 2.24) is 5.32 Å². The molecule has 2 aliphatic rings. The summed E-state index contributed by atoms with van der Waals surface area (Å²) in [4.78, 5) is 14.7. The number of hydrogen-bond acceptors (Lipinski definition) is 3. The minimum Gasteiger partial charge on any atom is -0.490 e. The number of hydrogen-bond donors (Lipinski definition) is 1. The monoisotopic (exact) mass is 352 g/mol. The van der Waals surface area contributed by atoms with Gasteiger partial charge in [-0.05, 0) is 57.0 Å². The molecule has 0 aromatic heterocycles. The lowest BCUT2D eigenvalue weighted by molar-refractivity contribution is 0.0343. The van der Waals surface area contributed by atoms with Crippen molar-refractivity contribution in [1.29, 1.82) is 0 Å². The second-order valence-electron chi connectivity index (χ2n) is 7.19. The summed E-state index contributed by atoms with van der Waals surface area (Å²) in [5.74, 6) is 1.44. The van der Waals surface area contributed by atoms with Gasteiger partial charge in [0.2, 0.25) is 0 Å². The first-order valence-corrected chi connectivity index (χ1v) is 9.05. The van der Waals surface area contributed by atoms with Crippen molar-refractivity contribution < 1.29 is 14.3 Å². The zero-order valence-corrected chi connectivity index (χ0v) is 15.6. The van der Waals surface area contributed by atoms with E-state index < -0.39 is 5.72 Å². The molecule has 5 heteroatoms. The van der Waals surface area contributed by atoms with Crippen molar-refractivity contribution in [3.05, 3.63) is 53.1 Å². The predicted octanol–water partition coefficient (Wildman–Crippen LogP) is 4.47. The lowest BCUT2D eigenvalue weighted by Gasteiger charge is -2.50. The van der Waals surface area contributed by atoms with E-state index >= 15 is 0 Å². The molecule has 1 fully saturated rings. The highest BCUT2D eigenvalue weighted by molar-refractivity contribution is 5.95. The van der Waals surface area contributed by atoms with E-state index in [0.29, 0.717) is 13.0 Å². The molecule has 0 spiro atoms. The zero-order valence-electron chi connectivity index (χ0n) is 15.6. The maximum Gasteiger partial charge on any atom is 0.325 e. The van der Waals surface area contributed by atoms with Gasteiger partial charge in [0.1, 0.15) is 0 Å². The van der Waals surface area contributed by atoms with Crippen LogP contribution in [0.4, 0.5) is 10.5 Å². The summed E-state index contributed by atoms with van der Waals surface area (Å²) >= 11 is 0. The first-order valence-electron chi connectivity index (χ1n) is 9.05. The molecule has 2 aromatic rings. The third kappa shape index (κ3) is 2.50. The number of nitrogens with zero attached hydrogens (tertiary/aromatic N) is 1. The van der Waals surface area contributed by atoms with Crippen LogP contribution in [0.3, 0.4) is 0 Å². The molecule has 1 saturated heterocycles. The minimum atomic E-state index is -0.769. The van der Waals surface area contributed by atoms with Gasteiger partial charge in [-0.2, -0.15) is 0 Å². The molecule has 4 rings (SSSR count). The van der Waals surface area contributed by atoms with Gasteiger partial charge in [-0.15, -0.1) is 0 Å². The zero-order chi connectivity index (χ0) is 18.5. The molecule has 26 heavy (non-hydrogen) atoms. The molecule has 2 heterocycles. The van der Waals surface area contributed by atoms with Crippen molar-refractivity contribution in [2.24, 2.45) is 0 Å². The van der Waals surface area contributed by atoms with E-state index in [9.17, 15) is 4.79 Å². The Morgan fingerprint density at radius 2 is 2.08 bits per heavy atom. The van der Waals surface area contributed by atoms with Crippen LogP contribution in [0.15, 0.2) is 36.4 Å². The maximum absolute atomic E-state index is 12.9. The van der Waals surface area contributed by atoms with Gasteiger partial charge in [0.15, 0.2) is 17.2 Å². The van der Waals surface area contributed by atoms with Crippen molar-refractivity contribution in [2.45, 2.75) is 45.9 Å². The van der Waals surface area contributed by atoms with Crippen LogP contribution in [-0.4, -0.2) is 18.4 Å². The third-order valence-electron chi connectivity index (χ3n) is 5.31. The normalized spacial score (nSPS) is 23.8. The Labute approximate surface area is 153 Å². The summed E-state index contributed by atoms with van der Waals surface area (Å²) in [6, 6.07) is 11.7. The highest BCUT2D eigenvalue weighted by atomic mass is 16.5. The molecule has 0 radical (unpaired) electrons. The molecule has 2 aromatic carbocycles. The topological polar surface area (TPSA) is 50.8 Å². The number of benzene rings is 2. The van der Waals surface area contributed by atoms with Gasteiger partial charge >= 0.3 is 6.03 Å². The van der Waals surface area contributed by atoms with Crippen LogP contribution in [-0.2, 0) is 0 Å². The van der Waals surface area contributed by atoms with E-state index in [1.807, 2.05) is 50.2 Å². The van der Waals surface area contributed by atoms with Gasteiger partial charge < -0.3 is 14.8 Å². The first kappa shape index (κ1) is 16.8. The van der Waals surface area contributed by atoms with Crippen molar-refractivity contribution in [3.8, 4) is 11.5 Å². The van der Waals surface area contributed by atoms with Gasteiger partial charge in [-0.25, -0.2) is 4.79 Å². The lowest BCUT2D eigenvalue weighted by Crippen LogP contribution is -2.65. The van der Waals surface area contributed by atoms with Crippen molar-refractivity contribution >= 4 is 11.7 Å². The third-order valence-corrected chi connectivity index (χ3v) is 5.31. The van der Waals surface area contributed by atoms with Crippen molar-refractivity contribution in [3.63, 3.8) is 0 Å². The van der Waals surface area contributed by atoms with E-state index in [-0.39, 0.29) is 12.1 Å². The van der Waals surface area contributed by atoms with Crippen LogP contribution >= 0.6 is 0 Å². The van der Waals surface area contributed by atoms with Crippen LogP contribution in [0.1, 0.15) is 43.0 Å². The van der Waals surface area contributed by atoms with Crippen LogP contribution in [0.25, 0.3) is 0 Å². The van der Waals surface area contributed by atoms with Crippen LogP contribution in [0.2, 0.25) is 0 Å². The fraction of sp³-hybridized carbons (Fsp3) is 0.381. The molecule has 1 N–H and O–H groups in total. The number of carbonyl (C=O) groups is 1. The van der Waals surface area contributed by atoms with E-state index in [2.05, 4.69) is 19.2 Å². The number of fused-ring (bicyclic) bond motifs is 4. The van der Waals surface area contributed by atoms with Crippen molar-refractivity contribution in [2.75, 3.05) is 11.5 Å². The second-order valence-corrected chi connectivity index (χ2v) is 7.19. The number of urea groups is 1. The maximum atomic E-state index is 12.9. The number of aryl methyl sites for hydroxylation is 2. The quantitative estimate of drug-likeness (QED) is 0.886. The molecule has 136 valence electrons. The fourth-order valence-corrected chi connectivity index (χ4v) is 3.88. The Hall–Kier alpha value is -2.69. The first-order chi connectivity index (χ1) is 12.4. The molecule has 2 bridgehead atoms. The molecular formula is C21H24N2O3. The van der Waals surface area contributed by atoms with Gasteiger partial charge in [-0.3, -0.25) is 4.90 Å². The molecule has 0 saturated carbocycles. The van der Waals surface area contributed by atoms with Crippen LogP contribution < -0.4 is 19.7 Å². The number of carbonyl (C=O) groups excluding carboxylic acids is 1. The smallest absolute Gasteiger partial charge is 0.325 e. The Morgan fingerprint density at radius 1 is 1.27 bits per heavy atom. The summed E-state index contributed by atoms with van der Waals surface area (Å²) in [5, 5.41) is 3.13.